The third kappa shape index (κ3) is 3.08. The molecule has 0 spiro atoms. The Morgan fingerprint density at radius 3 is 2.73 bits per heavy atom. The zero-order valence-electron chi connectivity index (χ0n) is 12.5. The smallest absolute Gasteiger partial charge is 0.307 e. The van der Waals surface area contributed by atoms with E-state index in [2.05, 4.69) is 21.2 Å². The van der Waals surface area contributed by atoms with Crippen molar-refractivity contribution < 1.29 is 19.4 Å². The molecule has 3 rings (SSSR count). The normalized spacial score (nSPS) is 24.8. The van der Waals surface area contributed by atoms with Crippen LogP contribution in [0.1, 0.15) is 37.3 Å². The molecule has 1 aromatic rings. The van der Waals surface area contributed by atoms with Gasteiger partial charge in [-0.1, -0.05) is 15.9 Å². The van der Waals surface area contributed by atoms with Gasteiger partial charge in [-0.05, 0) is 37.8 Å². The zero-order chi connectivity index (χ0) is 15.7. The Balaban J connectivity index is 1.90. The predicted octanol–water partition coefficient (Wildman–Crippen LogP) is 3.12. The molecule has 2 N–H and O–H groups in total. The standard InChI is InChI=1S/C16H20BrNO4/c1-21-14-7-10(17)6-12(15(14)22-11-3-2-4-11)13-5-9(8-18-13)16(19)20/h6-7,9,11,13,18H,2-5,8H2,1H3,(H,19,20). The first-order chi connectivity index (χ1) is 10.6. The second kappa shape index (κ2) is 6.46. The van der Waals surface area contributed by atoms with E-state index in [1.165, 1.54) is 6.42 Å². The van der Waals surface area contributed by atoms with Crippen molar-refractivity contribution in [3.63, 3.8) is 0 Å². The fraction of sp³-hybridized carbons (Fsp3) is 0.562. The van der Waals surface area contributed by atoms with Crippen molar-refractivity contribution in [3.8, 4) is 11.5 Å². The van der Waals surface area contributed by atoms with Crippen LogP contribution in [0.3, 0.4) is 0 Å². The van der Waals surface area contributed by atoms with Crippen molar-refractivity contribution in [1.82, 2.24) is 5.32 Å². The number of ether oxygens (including phenoxy) is 2. The molecule has 0 aromatic heterocycles. The number of nitrogens with one attached hydrogen (secondary N) is 1. The second-order valence-electron chi connectivity index (χ2n) is 5.93. The molecule has 2 fully saturated rings. The van der Waals surface area contributed by atoms with Gasteiger partial charge in [-0.3, -0.25) is 4.79 Å². The van der Waals surface area contributed by atoms with E-state index in [9.17, 15) is 9.90 Å². The van der Waals surface area contributed by atoms with Crippen molar-refractivity contribution in [1.29, 1.82) is 0 Å². The summed E-state index contributed by atoms with van der Waals surface area (Å²) in [5.74, 6) is 0.334. The van der Waals surface area contributed by atoms with E-state index >= 15 is 0 Å². The summed E-state index contributed by atoms with van der Waals surface area (Å²) in [6, 6.07) is 3.86. The third-order valence-corrected chi connectivity index (χ3v) is 4.92. The highest BCUT2D eigenvalue weighted by Crippen LogP contribution is 2.43. The molecule has 2 unspecified atom stereocenters. The van der Waals surface area contributed by atoms with Gasteiger partial charge in [-0.15, -0.1) is 0 Å². The Labute approximate surface area is 138 Å². The van der Waals surface area contributed by atoms with Crippen LogP contribution in [-0.2, 0) is 4.79 Å². The highest BCUT2D eigenvalue weighted by molar-refractivity contribution is 9.10. The fourth-order valence-corrected chi connectivity index (χ4v) is 3.40. The van der Waals surface area contributed by atoms with Crippen LogP contribution in [0.4, 0.5) is 0 Å². The number of methoxy groups -OCH3 is 1. The molecule has 1 aliphatic heterocycles. The number of aliphatic carboxylic acids is 1. The van der Waals surface area contributed by atoms with E-state index in [4.69, 9.17) is 9.47 Å². The molecule has 1 heterocycles. The number of hydrogen-bond acceptors (Lipinski definition) is 4. The molecule has 0 radical (unpaired) electrons. The highest BCUT2D eigenvalue weighted by Gasteiger charge is 2.33. The second-order valence-corrected chi connectivity index (χ2v) is 6.84. The summed E-state index contributed by atoms with van der Waals surface area (Å²) in [7, 11) is 1.63. The van der Waals surface area contributed by atoms with Crippen LogP contribution < -0.4 is 14.8 Å². The summed E-state index contributed by atoms with van der Waals surface area (Å²) in [6.45, 7) is 0.484. The van der Waals surface area contributed by atoms with Crippen LogP contribution in [0.25, 0.3) is 0 Å². The number of rotatable bonds is 5. The monoisotopic (exact) mass is 369 g/mol. The zero-order valence-corrected chi connectivity index (χ0v) is 14.1. The Bertz CT molecular complexity index is 574. The largest absolute Gasteiger partial charge is 0.493 e. The first-order valence-electron chi connectivity index (χ1n) is 7.58. The molecule has 2 aliphatic rings. The lowest BCUT2D eigenvalue weighted by Gasteiger charge is -2.29. The molecule has 1 aromatic carbocycles. The lowest BCUT2D eigenvalue weighted by Crippen LogP contribution is -2.26. The summed E-state index contributed by atoms with van der Waals surface area (Å²) in [5, 5.41) is 12.5. The quantitative estimate of drug-likeness (QED) is 0.834. The Morgan fingerprint density at radius 1 is 1.41 bits per heavy atom. The number of carboxylic acid groups (broad SMARTS) is 1. The van der Waals surface area contributed by atoms with E-state index in [1.807, 2.05) is 12.1 Å². The molecule has 0 amide bonds. The summed E-state index contributed by atoms with van der Waals surface area (Å²) < 4.78 is 12.5. The molecule has 1 saturated heterocycles. The molecule has 6 heteroatoms. The molecule has 1 aliphatic carbocycles. The van der Waals surface area contributed by atoms with Crippen molar-refractivity contribution in [2.45, 2.75) is 37.8 Å². The molecule has 5 nitrogen and oxygen atoms in total. The summed E-state index contributed by atoms with van der Waals surface area (Å²) in [4.78, 5) is 11.2. The van der Waals surface area contributed by atoms with Gasteiger partial charge in [0.1, 0.15) is 0 Å². The topological polar surface area (TPSA) is 67.8 Å². The minimum absolute atomic E-state index is 0.0254. The summed E-state index contributed by atoms with van der Waals surface area (Å²) >= 11 is 3.50. The average Bonchev–Trinajstić information content (AvgIpc) is 2.92. The number of hydrogen-bond donors (Lipinski definition) is 2. The van der Waals surface area contributed by atoms with Crippen LogP contribution >= 0.6 is 15.9 Å². The maximum Gasteiger partial charge on any atom is 0.307 e. The third-order valence-electron chi connectivity index (χ3n) is 4.46. The molecule has 1 saturated carbocycles. The van der Waals surface area contributed by atoms with Gasteiger partial charge in [0.25, 0.3) is 0 Å². The highest BCUT2D eigenvalue weighted by atomic mass is 79.9. The van der Waals surface area contributed by atoms with E-state index < -0.39 is 5.97 Å². The SMILES string of the molecule is COc1cc(Br)cc(C2CC(C(=O)O)CN2)c1OC1CCC1. The summed E-state index contributed by atoms with van der Waals surface area (Å²) in [6.07, 6.45) is 4.13. The van der Waals surface area contributed by atoms with E-state index in [1.54, 1.807) is 7.11 Å². The van der Waals surface area contributed by atoms with Gasteiger partial charge in [0.05, 0.1) is 19.1 Å². The number of carboxylic acids is 1. The number of carbonyl (C=O) groups is 1. The van der Waals surface area contributed by atoms with E-state index in [-0.39, 0.29) is 18.1 Å². The maximum absolute atomic E-state index is 11.2. The van der Waals surface area contributed by atoms with Crippen molar-refractivity contribution in [2.75, 3.05) is 13.7 Å². The van der Waals surface area contributed by atoms with Gasteiger partial charge in [0, 0.05) is 22.6 Å². The van der Waals surface area contributed by atoms with E-state index in [0.717, 1.165) is 28.6 Å². The average molecular weight is 370 g/mol. The van der Waals surface area contributed by atoms with Gasteiger partial charge in [-0.25, -0.2) is 0 Å². The van der Waals surface area contributed by atoms with Crippen LogP contribution in [0.15, 0.2) is 16.6 Å². The first kappa shape index (κ1) is 15.6. The molecule has 22 heavy (non-hydrogen) atoms. The minimum Gasteiger partial charge on any atom is -0.493 e. The number of benzene rings is 1. The minimum atomic E-state index is -0.751. The lowest BCUT2D eigenvalue weighted by atomic mass is 9.95. The van der Waals surface area contributed by atoms with Gasteiger partial charge in [0.2, 0.25) is 0 Å². The van der Waals surface area contributed by atoms with Crippen molar-refractivity contribution >= 4 is 21.9 Å². The van der Waals surface area contributed by atoms with Crippen molar-refractivity contribution in [2.24, 2.45) is 5.92 Å². The number of halogens is 1. The van der Waals surface area contributed by atoms with Crippen LogP contribution in [0.2, 0.25) is 0 Å². The van der Waals surface area contributed by atoms with Gasteiger partial charge in [-0.2, -0.15) is 0 Å². The maximum atomic E-state index is 11.2. The molecule has 0 bridgehead atoms. The Morgan fingerprint density at radius 2 is 2.18 bits per heavy atom. The van der Waals surface area contributed by atoms with Gasteiger partial charge >= 0.3 is 5.97 Å². The fourth-order valence-electron chi connectivity index (χ4n) is 2.94. The lowest BCUT2D eigenvalue weighted by molar-refractivity contribution is -0.141. The molecular weight excluding hydrogens is 350 g/mol. The van der Waals surface area contributed by atoms with Crippen LogP contribution in [0.5, 0.6) is 11.5 Å². The Kier molecular flexibility index (Phi) is 4.59. The first-order valence-corrected chi connectivity index (χ1v) is 8.38. The van der Waals surface area contributed by atoms with Gasteiger partial charge in [0.15, 0.2) is 11.5 Å². The van der Waals surface area contributed by atoms with Gasteiger partial charge < -0.3 is 19.9 Å². The molecular formula is C16H20BrNO4. The van der Waals surface area contributed by atoms with Crippen LogP contribution in [-0.4, -0.2) is 30.8 Å². The summed E-state index contributed by atoms with van der Waals surface area (Å²) in [5.41, 5.74) is 0.974. The predicted molar refractivity (Wildman–Crippen MR) is 85.4 cm³/mol. The molecule has 120 valence electrons. The van der Waals surface area contributed by atoms with E-state index in [0.29, 0.717) is 18.7 Å². The van der Waals surface area contributed by atoms with Crippen LogP contribution in [0, 0.1) is 5.92 Å². The molecule has 2 atom stereocenters. The van der Waals surface area contributed by atoms with Crippen molar-refractivity contribution in [3.05, 3.63) is 22.2 Å². The Hall–Kier alpha value is -1.27.